The van der Waals surface area contributed by atoms with Crippen LogP contribution in [0.15, 0.2) is 72.8 Å². The van der Waals surface area contributed by atoms with Gasteiger partial charge in [-0.25, -0.2) is 4.79 Å². The second kappa shape index (κ2) is 34.5. The van der Waals surface area contributed by atoms with Gasteiger partial charge in [0.15, 0.2) is 0 Å². The Labute approximate surface area is 288 Å². The van der Waals surface area contributed by atoms with E-state index >= 15 is 0 Å². The zero-order chi connectivity index (χ0) is 32.9. The molecule has 7 nitrogen and oxygen atoms in total. The predicted octanol–water partition coefficient (Wildman–Crippen LogP) is 6.99. The van der Waals surface area contributed by atoms with Crippen molar-refractivity contribution >= 4 is 11.9 Å². The molecule has 0 aliphatic heterocycles. The molecule has 2 aromatic rings. The number of aliphatic hydroxyl groups is 2. The molecule has 0 aliphatic carbocycles. The Hall–Kier alpha value is -2.34. The van der Waals surface area contributed by atoms with Crippen LogP contribution in [0.4, 0.5) is 0 Å². The van der Waals surface area contributed by atoms with Crippen LogP contribution in [0.2, 0.25) is 0 Å². The second-order valence-corrected chi connectivity index (χ2v) is 10.7. The molecule has 0 aliphatic rings. The second-order valence-electron chi connectivity index (χ2n) is 10.7. The first-order valence-electron chi connectivity index (χ1n) is 15.5. The van der Waals surface area contributed by atoms with Crippen LogP contribution in [-0.4, -0.2) is 55.1 Å². The number of carbonyl (C=O) groups excluding carboxylic acids is 2. The van der Waals surface area contributed by atoms with E-state index < -0.39 is 0 Å². The molecule has 0 saturated heterocycles. The van der Waals surface area contributed by atoms with Crippen molar-refractivity contribution in [3.05, 3.63) is 91.4 Å². The molecule has 0 heterocycles. The molecule has 3 unspecified atom stereocenters. The molecule has 2 aromatic carbocycles. The van der Waals surface area contributed by atoms with E-state index in [1.807, 2.05) is 45.0 Å². The Bertz CT molecular complexity index is 938. The van der Waals surface area contributed by atoms with Crippen molar-refractivity contribution in [3.8, 4) is 0 Å². The summed E-state index contributed by atoms with van der Waals surface area (Å²) in [5, 5.41) is 17.1. The van der Waals surface area contributed by atoms with Gasteiger partial charge in [0, 0.05) is 39.2 Å². The van der Waals surface area contributed by atoms with Gasteiger partial charge >= 0.3 is 11.9 Å². The smallest absolute Gasteiger partial charge is 0.333 e. The summed E-state index contributed by atoms with van der Waals surface area (Å²) in [5.41, 5.74) is 8.30. The summed E-state index contributed by atoms with van der Waals surface area (Å²) in [6.07, 6.45) is 6.38. The van der Waals surface area contributed by atoms with Crippen molar-refractivity contribution < 1.29 is 49.7 Å². The molecule has 3 atom stereocenters. The number of benzene rings is 2. The SMILES string of the molecule is C=C(C)C(=O)OCC.CC(CN)CO.CC(CO)CCCc1ccccc1.CCOC(=O)C(C)CCCc1ccccc1.[CH3-].[Pd]. The van der Waals surface area contributed by atoms with Crippen LogP contribution in [-0.2, 0) is 52.3 Å². The summed E-state index contributed by atoms with van der Waals surface area (Å²) in [6.45, 7) is 16.5. The number of aliphatic hydroxyl groups excluding tert-OH is 2. The summed E-state index contributed by atoms with van der Waals surface area (Å²) in [6, 6.07) is 20.9. The normalized spacial score (nSPS) is 11.4. The Kier molecular flexibility index (Phi) is 38.0. The fourth-order valence-electron chi connectivity index (χ4n) is 3.38. The standard InChI is InChI=1S/C14H20O2.C12H18O.C6H10O2.C4H11NO.CH3.Pd/c1-3-16-14(15)12(2)8-7-11-13-9-5-4-6-10-13;1-11(10-13)6-5-9-12-7-3-2-4-8-12;1-4-8-6(7)5(2)3;1-4(2-5)3-6;;/h4-6,9-10,12H,3,7-8,11H2,1-2H3;2-4,7-8,11,13H,5-6,9-10H2,1H3;2,4H2,1,3H3;4,6H,2-3,5H2,1H3;1H3;/q;;;;-1;. The van der Waals surface area contributed by atoms with Crippen LogP contribution in [0.3, 0.4) is 0 Å². The van der Waals surface area contributed by atoms with Crippen molar-refractivity contribution in [2.75, 3.05) is 33.0 Å². The van der Waals surface area contributed by atoms with Crippen LogP contribution in [0.25, 0.3) is 0 Å². The summed E-state index contributed by atoms with van der Waals surface area (Å²) in [5.74, 6) is 0.348. The minimum Gasteiger partial charge on any atom is -0.466 e. The maximum absolute atomic E-state index is 11.4. The van der Waals surface area contributed by atoms with Gasteiger partial charge in [0.05, 0.1) is 19.1 Å². The maximum Gasteiger partial charge on any atom is 0.333 e. The molecule has 45 heavy (non-hydrogen) atoms. The summed E-state index contributed by atoms with van der Waals surface area (Å²) in [7, 11) is 0. The van der Waals surface area contributed by atoms with E-state index in [0.29, 0.717) is 37.9 Å². The molecule has 0 fully saturated rings. The first kappa shape index (κ1) is 49.5. The zero-order valence-electron chi connectivity index (χ0n) is 28.9. The van der Waals surface area contributed by atoms with Gasteiger partial charge in [0.25, 0.3) is 0 Å². The Morgan fingerprint density at radius 1 is 0.778 bits per heavy atom. The van der Waals surface area contributed by atoms with E-state index in [2.05, 4.69) is 54.6 Å². The molecule has 0 saturated carbocycles. The Morgan fingerprint density at radius 2 is 1.20 bits per heavy atom. The van der Waals surface area contributed by atoms with Crippen LogP contribution in [0, 0.1) is 25.2 Å². The number of rotatable bonds is 15. The molecule has 8 heteroatoms. The topological polar surface area (TPSA) is 119 Å². The van der Waals surface area contributed by atoms with E-state index in [1.165, 1.54) is 17.5 Å². The van der Waals surface area contributed by atoms with Gasteiger partial charge in [-0.3, -0.25) is 4.79 Å². The van der Waals surface area contributed by atoms with Crippen LogP contribution >= 0.6 is 0 Å². The monoisotopic (exact) mass is 722 g/mol. The minimum absolute atomic E-state index is 0. The fraction of sp³-hybridized carbons (Fsp3) is 0.541. The first-order valence-corrected chi connectivity index (χ1v) is 15.5. The molecule has 0 bridgehead atoms. The van der Waals surface area contributed by atoms with E-state index in [-0.39, 0.29) is 58.2 Å². The number of hydrogen-bond donors (Lipinski definition) is 3. The van der Waals surface area contributed by atoms with Crippen LogP contribution < -0.4 is 5.73 Å². The van der Waals surface area contributed by atoms with Gasteiger partial charge in [-0.05, 0) is 88.8 Å². The van der Waals surface area contributed by atoms with Gasteiger partial charge in [-0.2, -0.15) is 0 Å². The molecule has 0 spiro atoms. The molecule has 2 rings (SSSR count). The largest absolute Gasteiger partial charge is 0.466 e. The van der Waals surface area contributed by atoms with Crippen molar-refractivity contribution in [1.29, 1.82) is 0 Å². The fourth-order valence-corrected chi connectivity index (χ4v) is 3.38. The summed E-state index contributed by atoms with van der Waals surface area (Å²) in [4.78, 5) is 21.8. The minimum atomic E-state index is -0.312. The molecular weight excluding hydrogens is 661 g/mol. The Morgan fingerprint density at radius 3 is 1.51 bits per heavy atom. The third-order valence-electron chi connectivity index (χ3n) is 6.29. The summed E-state index contributed by atoms with van der Waals surface area (Å²) >= 11 is 0. The van der Waals surface area contributed by atoms with Gasteiger partial charge < -0.3 is 32.8 Å². The predicted molar refractivity (Wildman–Crippen MR) is 184 cm³/mol. The average molecular weight is 723 g/mol. The first-order chi connectivity index (χ1) is 20.6. The third kappa shape index (κ3) is 31.4. The van der Waals surface area contributed by atoms with E-state index in [1.54, 1.807) is 13.8 Å². The van der Waals surface area contributed by atoms with E-state index in [9.17, 15) is 9.59 Å². The van der Waals surface area contributed by atoms with Gasteiger partial charge in [-0.15, -0.1) is 0 Å². The van der Waals surface area contributed by atoms with Gasteiger partial charge in [0.2, 0.25) is 0 Å². The third-order valence-corrected chi connectivity index (χ3v) is 6.29. The molecule has 4 N–H and O–H groups in total. The maximum atomic E-state index is 11.4. The molecule has 0 radical (unpaired) electrons. The molecule has 0 aromatic heterocycles. The zero-order valence-corrected chi connectivity index (χ0v) is 30.5. The van der Waals surface area contributed by atoms with Crippen molar-refractivity contribution in [1.82, 2.24) is 0 Å². The van der Waals surface area contributed by atoms with E-state index in [0.717, 1.165) is 32.1 Å². The number of nitrogens with two attached hydrogens (primary N) is 1. The average Bonchev–Trinajstić information content (AvgIpc) is 3.02. The van der Waals surface area contributed by atoms with Crippen LogP contribution in [0.1, 0.15) is 78.4 Å². The molecular formula is C37H62NO6Pd-. The number of ether oxygens (including phenoxy) is 2. The molecule has 0 amide bonds. The summed E-state index contributed by atoms with van der Waals surface area (Å²) < 4.78 is 9.53. The number of carbonyl (C=O) groups is 2. The van der Waals surface area contributed by atoms with Gasteiger partial charge in [0.1, 0.15) is 0 Å². The van der Waals surface area contributed by atoms with Crippen LogP contribution in [0.5, 0.6) is 0 Å². The van der Waals surface area contributed by atoms with Crippen molar-refractivity contribution in [2.24, 2.45) is 23.5 Å². The number of aryl methyl sites for hydroxylation is 2. The Balaban J connectivity index is -0.000000261. The van der Waals surface area contributed by atoms with Crippen molar-refractivity contribution in [3.63, 3.8) is 0 Å². The van der Waals surface area contributed by atoms with E-state index in [4.69, 9.17) is 20.7 Å². The quantitative estimate of drug-likeness (QED) is 0.0785. The van der Waals surface area contributed by atoms with Gasteiger partial charge in [-0.1, -0.05) is 88.0 Å². The molecule has 262 valence electrons. The number of hydrogen-bond acceptors (Lipinski definition) is 7. The van der Waals surface area contributed by atoms with Crippen molar-refractivity contribution in [2.45, 2.75) is 80.1 Å². The number of esters is 2.